The first-order chi connectivity index (χ1) is 7.83. The number of aliphatic hydroxyl groups excluding tert-OH is 1. The Bertz CT molecular complexity index is 291. The molecule has 1 N–H and O–H groups in total. The molecule has 1 saturated heterocycles. The first-order valence-corrected chi connectivity index (χ1v) is 6.95. The molecular weight excluding hydrogens is 198 g/mol. The third kappa shape index (κ3) is 2.05. The first kappa shape index (κ1) is 10.8. The third-order valence-corrected chi connectivity index (χ3v) is 4.63. The van der Waals surface area contributed by atoms with Gasteiger partial charge in [0, 0.05) is 6.04 Å². The van der Waals surface area contributed by atoms with Gasteiger partial charge >= 0.3 is 0 Å². The van der Waals surface area contributed by atoms with Crippen LogP contribution in [0.5, 0.6) is 0 Å². The summed E-state index contributed by atoms with van der Waals surface area (Å²) in [4.78, 5) is 2.70. The van der Waals surface area contributed by atoms with Crippen LogP contribution in [0.2, 0.25) is 0 Å². The van der Waals surface area contributed by atoms with Gasteiger partial charge in [-0.15, -0.1) is 0 Å². The van der Waals surface area contributed by atoms with Gasteiger partial charge < -0.3 is 5.11 Å². The molecule has 0 radical (unpaired) electrons. The van der Waals surface area contributed by atoms with Crippen molar-refractivity contribution in [3.63, 3.8) is 0 Å². The monoisotopic (exact) mass is 221 g/mol. The van der Waals surface area contributed by atoms with Gasteiger partial charge in [-0.2, -0.15) is 0 Å². The first-order valence-electron chi connectivity index (χ1n) is 6.95. The lowest BCUT2D eigenvalue weighted by molar-refractivity contribution is 0.156. The van der Waals surface area contributed by atoms with Gasteiger partial charge in [0.05, 0.1) is 6.10 Å². The lowest BCUT2D eigenvalue weighted by atomic mass is 9.92. The van der Waals surface area contributed by atoms with Crippen LogP contribution in [0, 0.1) is 0 Å². The molecule has 0 aromatic rings. The maximum Gasteiger partial charge on any atom is 0.0580 e. The van der Waals surface area contributed by atoms with Crippen molar-refractivity contribution in [2.24, 2.45) is 0 Å². The van der Waals surface area contributed by atoms with E-state index in [-0.39, 0.29) is 6.10 Å². The molecule has 16 heavy (non-hydrogen) atoms. The summed E-state index contributed by atoms with van der Waals surface area (Å²) in [6.07, 6.45) is 9.88. The van der Waals surface area contributed by atoms with Crippen molar-refractivity contribution >= 4 is 0 Å². The standard InChI is InChI=1S/C14H23NO/c16-14-5-4-11-8-13(9-12(11)10-14)15-6-2-1-3-7-15/h13-14,16H,1-10H2/t13-,14-/m0/s1. The topological polar surface area (TPSA) is 23.5 Å². The summed E-state index contributed by atoms with van der Waals surface area (Å²) in [5.41, 5.74) is 3.30. The summed E-state index contributed by atoms with van der Waals surface area (Å²) < 4.78 is 0. The van der Waals surface area contributed by atoms with Gasteiger partial charge in [-0.1, -0.05) is 17.6 Å². The average molecular weight is 221 g/mol. The highest BCUT2D eigenvalue weighted by molar-refractivity contribution is 5.26. The molecule has 0 amide bonds. The molecule has 2 heteroatoms. The highest BCUT2D eigenvalue weighted by Gasteiger charge is 2.32. The second-order valence-electron chi connectivity index (χ2n) is 5.76. The minimum absolute atomic E-state index is 0.0427. The summed E-state index contributed by atoms with van der Waals surface area (Å²) in [7, 11) is 0. The summed E-state index contributed by atoms with van der Waals surface area (Å²) in [5, 5.41) is 9.71. The number of aliphatic hydroxyl groups is 1. The van der Waals surface area contributed by atoms with Crippen LogP contribution in [0.1, 0.15) is 51.4 Å². The van der Waals surface area contributed by atoms with Crippen molar-refractivity contribution in [1.29, 1.82) is 0 Å². The van der Waals surface area contributed by atoms with Crippen molar-refractivity contribution in [3.05, 3.63) is 11.1 Å². The van der Waals surface area contributed by atoms with Gasteiger partial charge in [-0.05, 0) is 58.0 Å². The molecule has 2 atom stereocenters. The normalized spacial score (nSPS) is 36.6. The zero-order valence-electron chi connectivity index (χ0n) is 10.1. The van der Waals surface area contributed by atoms with E-state index in [9.17, 15) is 5.11 Å². The van der Waals surface area contributed by atoms with Gasteiger partial charge in [0.25, 0.3) is 0 Å². The molecule has 1 fully saturated rings. The maximum atomic E-state index is 9.71. The quantitative estimate of drug-likeness (QED) is 0.688. The average Bonchev–Trinajstić information content (AvgIpc) is 2.73. The predicted molar refractivity (Wildman–Crippen MR) is 65.3 cm³/mol. The van der Waals surface area contributed by atoms with Gasteiger partial charge in [0.1, 0.15) is 0 Å². The lowest BCUT2D eigenvalue weighted by Crippen LogP contribution is -2.38. The number of piperidine rings is 1. The lowest BCUT2D eigenvalue weighted by Gasteiger charge is -2.32. The number of hydrogen-bond acceptors (Lipinski definition) is 2. The fraction of sp³-hybridized carbons (Fsp3) is 0.857. The molecule has 90 valence electrons. The second kappa shape index (κ2) is 4.50. The SMILES string of the molecule is O[C@H]1CCC2=C(C1)C[C@@H](N1CCCCC1)C2. The summed E-state index contributed by atoms with van der Waals surface area (Å²) in [6, 6.07) is 0.788. The highest BCUT2D eigenvalue weighted by Crippen LogP contribution is 2.39. The molecule has 0 aromatic heterocycles. The molecule has 0 spiro atoms. The fourth-order valence-corrected chi connectivity index (χ4v) is 3.71. The van der Waals surface area contributed by atoms with Crippen LogP contribution in [-0.2, 0) is 0 Å². The van der Waals surface area contributed by atoms with E-state index in [0.29, 0.717) is 0 Å². The Labute approximate surface area is 98.3 Å². The van der Waals surface area contributed by atoms with Crippen LogP contribution in [0.3, 0.4) is 0 Å². The van der Waals surface area contributed by atoms with Gasteiger partial charge in [-0.25, -0.2) is 0 Å². The molecule has 3 rings (SSSR count). The van der Waals surface area contributed by atoms with Crippen LogP contribution in [-0.4, -0.2) is 35.2 Å². The van der Waals surface area contributed by atoms with Crippen molar-refractivity contribution in [1.82, 2.24) is 4.90 Å². The Kier molecular flexibility index (Phi) is 3.03. The second-order valence-corrected chi connectivity index (χ2v) is 5.76. The Balaban J connectivity index is 1.62. The van der Waals surface area contributed by atoms with Crippen LogP contribution in [0.15, 0.2) is 11.1 Å². The molecule has 0 bridgehead atoms. The van der Waals surface area contributed by atoms with E-state index in [1.165, 1.54) is 51.6 Å². The third-order valence-electron chi connectivity index (χ3n) is 4.63. The van der Waals surface area contributed by atoms with Crippen LogP contribution >= 0.6 is 0 Å². The van der Waals surface area contributed by atoms with Gasteiger partial charge in [0.15, 0.2) is 0 Å². The van der Waals surface area contributed by atoms with Crippen LogP contribution < -0.4 is 0 Å². The minimum Gasteiger partial charge on any atom is -0.393 e. The van der Waals surface area contributed by atoms with Gasteiger partial charge in [-0.3, -0.25) is 4.90 Å². The fourth-order valence-electron chi connectivity index (χ4n) is 3.71. The molecule has 2 aliphatic carbocycles. The Morgan fingerprint density at radius 1 is 0.938 bits per heavy atom. The van der Waals surface area contributed by atoms with E-state index in [2.05, 4.69) is 4.90 Å². The molecule has 0 unspecified atom stereocenters. The van der Waals surface area contributed by atoms with E-state index in [1.807, 2.05) is 0 Å². The molecule has 0 aromatic carbocycles. The van der Waals surface area contributed by atoms with Crippen LogP contribution in [0.25, 0.3) is 0 Å². The molecule has 1 aliphatic heterocycles. The molecule has 3 aliphatic rings. The summed E-state index contributed by atoms with van der Waals surface area (Å²) >= 11 is 0. The Hall–Kier alpha value is -0.340. The number of hydrogen-bond donors (Lipinski definition) is 1. The maximum absolute atomic E-state index is 9.71. The molecular formula is C14H23NO. The minimum atomic E-state index is -0.0427. The largest absolute Gasteiger partial charge is 0.393 e. The summed E-state index contributed by atoms with van der Waals surface area (Å²) in [6.45, 7) is 2.63. The predicted octanol–water partition coefficient (Wildman–Crippen LogP) is 2.48. The smallest absolute Gasteiger partial charge is 0.0580 e. The van der Waals surface area contributed by atoms with E-state index in [4.69, 9.17) is 0 Å². The molecule has 0 saturated carbocycles. The Morgan fingerprint density at radius 3 is 2.50 bits per heavy atom. The number of nitrogens with zero attached hydrogens (tertiary/aromatic N) is 1. The molecule has 2 nitrogen and oxygen atoms in total. The summed E-state index contributed by atoms with van der Waals surface area (Å²) in [5.74, 6) is 0. The van der Waals surface area contributed by atoms with E-state index in [1.54, 1.807) is 11.1 Å². The van der Waals surface area contributed by atoms with Crippen molar-refractivity contribution in [3.8, 4) is 0 Å². The van der Waals surface area contributed by atoms with Crippen molar-refractivity contribution < 1.29 is 5.11 Å². The van der Waals surface area contributed by atoms with Crippen LogP contribution in [0.4, 0.5) is 0 Å². The zero-order chi connectivity index (χ0) is 11.0. The zero-order valence-corrected chi connectivity index (χ0v) is 10.1. The number of rotatable bonds is 1. The van der Waals surface area contributed by atoms with Gasteiger partial charge in [0.2, 0.25) is 0 Å². The highest BCUT2D eigenvalue weighted by atomic mass is 16.3. The number of likely N-dealkylation sites (tertiary alicyclic amines) is 1. The van der Waals surface area contributed by atoms with Crippen molar-refractivity contribution in [2.45, 2.75) is 63.5 Å². The van der Waals surface area contributed by atoms with E-state index in [0.717, 1.165) is 18.9 Å². The Morgan fingerprint density at radius 2 is 1.69 bits per heavy atom. The van der Waals surface area contributed by atoms with E-state index < -0.39 is 0 Å². The van der Waals surface area contributed by atoms with Crippen molar-refractivity contribution in [2.75, 3.05) is 13.1 Å². The van der Waals surface area contributed by atoms with E-state index >= 15 is 0 Å². The molecule has 1 heterocycles.